The van der Waals surface area contributed by atoms with Crippen molar-refractivity contribution >= 4 is 27.4 Å². The number of fused-ring (bicyclic) bond motifs is 1. The highest BCUT2D eigenvalue weighted by Gasteiger charge is 2.07. The summed E-state index contributed by atoms with van der Waals surface area (Å²) in [6.07, 6.45) is 6.06. The topological polar surface area (TPSA) is 35.5 Å². The molecule has 0 fully saturated rings. The summed E-state index contributed by atoms with van der Waals surface area (Å²) in [7, 11) is 0. The van der Waals surface area contributed by atoms with E-state index in [2.05, 4.69) is 43.8 Å². The summed E-state index contributed by atoms with van der Waals surface area (Å²) in [6.45, 7) is 5.47. The van der Waals surface area contributed by atoms with E-state index >= 15 is 0 Å². The molecule has 140 valence electrons. The molecule has 27 heavy (non-hydrogen) atoms. The molecule has 3 rings (SSSR count). The molecule has 0 atom stereocenters. The van der Waals surface area contributed by atoms with E-state index in [4.69, 9.17) is 9.47 Å². The third-order valence-electron chi connectivity index (χ3n) is 4.39. The van der Waals surface area contributed by atoms with Crippen molar-refractivity contribution in [1.29, 1.82) is 0 Å². The van der Waals surface area contributed by atoms with Crippen LogP contribution >= 0.6 is 11.3 Å². The van der Waals surface area contributed by atoms with Gasteiger partial charge in [-0.3, -0.25) is 0 Å². The summed E-state index contributed by atoms with van der Waals surface area (Å²) < 4.78 is 11.5. The van der Waals surface area contributed by atoms with Gasteiger partial charge in [0.1, 0.15) is 5.75 Å². The van der Waals surface area contributed by atoms with E-state index in [1.807, 2.05) is 18.2 Å². The fraction of sp³-hybridized carbons (Fsp3) is 0.261. The maximum absolute atomic E-state index is 11.1. The molecule has 0 aliphatic rings. The second-order valence-electron chi connectivity index (χ2n) is 6.39. The minimum Gasteiger partial charge on any atom is -0.457 e. The molecular formula is C23H24O3S. The number of carbonyl (C=O) groups is 1. The Bertz CT molecular complexity index is 909. The fourth-order valence-corrected chi connectivity index (χ4v) is 3.97. The molecule has 0 amide bonds. The Morgan fingerprint density at radius 2 is 1.93 bits per heavy atom. The van der Waals surface area contributed by atoms with E-state index in [0.717, 1.165) is 17.2 Å². The van der Waals surface area contributed by atoms with Gasteiger partial charge in [0.2, 0.25) is 6.79 Å². The van der Waals surface area contributed by atoms with Gasteiger partial charge in [-0.2, -0.15) is 0 Å². The van der Waals surface area contributed by atoms with Crippen LogP contribution in [-0.4, -0.2) is 12.8 Å². The molecule has 0 aliphatic carbocycles. The van der Waals surface area contributed by atoms with Gasteiger partial charge in [0, 0.05) is 15.7 Å². The van der Waals surface area contributed by atoms with Crippen molar-refractivity contribution in [1.82, 2.24) is 0 Å². The highest BCUT2D eigenvalue weighted by molar-refractivity contribution is 7.22. The van der Waals surface area contributed by atoms with Crippen molar-refractivity contribution in [3.63, 3.8) is 0 Å². The number of hydrogen-bond acceptors (Lipinski definition) is 4. The zero-order chi connectivity index (χ0) is 19.1. The highest BCUT2D eigenvalue weighted by Crippen LogP contribution is 2.35. The molecule has 2 aromatic carbocycles. The van der Waals surface area contributed by atoms with Crippen molar-refractivity contribution in [2.75, 3.05) is 6.79 Å². The average Bonchev–Trinajstić information content (AvgIpc) is 3.12. The third kappa shape index (κ3) is 5.20. The van der Waals surface area contributed by atoms with E-state index in [1.165, 1.54) is 40.7 Å². The van der Waals surface area contributed by atoms with Crippen LogP contribution in [0.2, 0.25) is 0 Å². The van der Waals surface area contributed by atoms with Crippen LogP contribution in [0.15, 0.2) is 61.2 Å². The second kappa shape index (κ2) is 9.38. The molecule has 0 bridgehead atoms. The van der Waals surface area contributed by atoms with Crippen LogP contribution in [0, 0.1) is 0 Å². The lowest BCUT2D eigenvalue weighted by molar-refractivity contribution is -0.144. The zero-order valence-corrected chi connectivity index (χ0v) is 16.4. The highest BCUT2D eigenvalue weighted by atomic mass is 32.1. The molecule has 0 aliphatic heterocycles. The van der Waals surface area contributed by atoms with Crippen molar-refractivity contribution in [2.24, 2.45) is 0 Å². The van der Waals surface area contributed by atoms with E-state index < -0.39 is 5.97 Å². The summed E-state index contributed by atoms with van der Waals surface area (Å²) in [5.74, 6) is 0.187. The number of aryl methyl sites for hydroxylation is 1. The van der Waals surface area contributed by atoms with Gasteiger partial charge in [-0.1, -0.05) is 50.6 Å². The SMILES string of the molecule is C=CC(=O)OCOc1ccc2cc(-c3ccc(CCCCC)cc3)sc2c1. The Balaban J connectivity index is 1.68. The smallest absolute Gasteiger partial charge is 0.333 e. The Kier molecular flexibility index (Phi) is 6.66. The predicted octanol–water partition coefficient (Wildman–Crippen LogP) is 6.37. The first-order valence-corrected chi connectivity index (χ1v) is 10.1. The van der Waals surface area contributed by atoms with E-state index in [9.17, 15) is 4.79 Å². The molecular weight excluding hydrogens is 356 g/mol. The van der Waals surface area contributed by atoms with E-state index in [1.54, 1.807) is 11.3 Å². The van der Waals surface area contributed by atoms with Gasteiger partial charge >= 0.3 is 5.97 Å². The second-order valence-corrected chi connectivity index (χ2v) is 7.48. The number of unbranched alkanes of at least 4 members (excludes halogenated alkanes) is 2. The lowest BCUT2D eigenvalue weighted by Gasteiger charge is -2.05. The van der Waals surface area contributed by atoms with Crippen molar-refractivity contribution in [3.8, 4) is 16.2 Å². The lowest BCUT2D eigenvalue weighted by atomic mass is 10.0. The maximum atomic E-state index is 11.1. The first-order chi connectivity index (χ1) is 13.2. The van der Waals surface area contributed by atoms with Gasteiger partial charge in [0.25, 0.3) is 0 Å². The molecule has 0 saturated heterocycles. The molecule has 0 unspecified atom stereocenters. The van der Waals surface area contributed by atoms with Crippen LogP contribution < -0.4 is 4.74 Å². The molecule has 0 saturated carbocycles. The molecule has 1 heterocycles. The molecule has 0 radical (unpaired) electrons. The quantitative estimate of drug-likeness (QED) is 0.187. The van der Waals surface area contributed by atoms with Crippen molar-refractivity contribution < 1.29 is 14.3 Å². The molecule has 1 aromatic heterocycles. The van der Waals surface area contributed by atoms with Crippen LogP contribution in [-0.2, 0) is 16.0 Å². The monoisotopic (exact) mass is 380 g/mol. The number of esters is 1. The Morgan fingerprint density at radius 3 is 2.67 bits per heavy atom. The van der Waals surface area contributed by atoms with Gasteiger partial charge in [-0.15, -0.1) is 11.3 Å². The minimum absolute atomic E-state index is 0.117. The van der Waals surface area contributed by atoms with E-state index in [-0.39, 0.29) is 6.79 Å². The zero-order valence-electron chi connectivity index (χ0n) is 15.6. The van der Waals surface area contributed by atoms with Gasteiger partial charge < -0.3 is 9.47 Å². The normalized spacial score (nSPS) is 10.7. The number of rotatable bonds is 9. The van der Waals surface area contributed by atoms with Crippen molar-refractivity contribution in [2.45, 2.75) is 32.6 Å². The first-order valence-electron chi connectivity index (χ1n) is 9.24. The average molecular weight is 381 g/mol. The number of ether oxygens (including phenoxy) is 2. The van der Waals surface area contributed by atoms with Gasteiger partial charge in [0.05, 0.1) is 0 Å². The molecule has 3 nitrogen and oxygen atoms in total. The molecule has 0 spiro atoms. The minimum atomic E-state index is -0.493. The molecule has 0 N–H and O–H groups in total. The van der Waals surface area contributed by atoms with Crippen LogP contribution in [0.5, 0.6) is 5.75 Å². The van der Waals surface area contributed by atoms with Crippen molar-refractivity contribution in [3.05, 3.63) is 66.7 Å². The summed E-state index contributed by atoms with van der Waals surface area (Å²) in [4.78, 5) is 12.3. The number of thiophene rings is 1. The van der Waals surface area contributed by atoms with Crippen LogP contribution in [0.1, 0.15) is 31.7 Å². The van der Waals surface area contributed by atoms with Crippen LogP contribution in [0.3, 0.4) is 0 Å². The summed E-state index contributed by atoms with van der Waals surface area (Å²) in [6, 6.07) is 17.0. The Morgan fingerprint density at radius 1 is 1.11 bits per heavy atom. The number of hydrogen-bond donors (Lipinski definition) is 0. The number of carbonyl (C=O) groups excluding carboxylic acids is 1. The summed E-state index contributed by atoms with van der Waals surface area (Å²) in [5, 5.41) is 1.18. The lowest BCUT2D eigenvalue weighted by Crippen LogP contribution is -2.07. The molecule has 3 aromatic rings. The van der Waals surface area contributed by atoms with Crippen LogP contribution in [0.25, 0.3) is 20.5 Å². The maximum Gasteiger partial charge on any atom is 0.333 e. The Labute approximate surface area is 164 Å². The largest absolute Gasteiger partial charge is 0.457 e. The standard InChI is InChI=1S/C23H24O3S/c1-3-5-6-7-17-8-10-18(11-9-17)21-14-19-12-13-20(15-22(19)27-21)25-16-26-23(24)4-2/h4,8-15H,2-3,5-7,16H2,1H3. The molecule has 4 heteroatoms. The summed E-state index contributed by atoms with van der Waals surface area (Å²) in [5.41, 5.74) is 2.64. The Hall–Kier alpha value is -2.59. The van der Waals surface area contributed by atoms with Crippen LogP contribution in [0.4, 0.5) is 0 Å². The fourth-order valence-electron chi connectivity index (χ4n) is 2.87. The van der Waals surface area contributed by atoms with E-state index in [0.29, 0.717) is 5.75 Å². The van der Waals surface area contributed by atoms with Gasteiger partial charge in [0.15, 0.2) is 0 Å². The predicted molar refractivity (Wildman–Crippen MR) is 112 cm³/mol. The van der Waals surface area contributed by atoms with Gasteiger partial charge in [-0.05, 0) is 53.6 Å². The number of benzene rings is 2. The van der Waals surface area contributed by atoms with Gasteiger partial charge in [-0.25, -0.2) is 4.79 Å². The summed E-state index contributed by atoms with van der Waals surface area (Å²) >= 11 is 1.73. The first kappa shape index (κ1) is 19.2. The third-order valence-corrected chi connectivity index (χ3v) is 5.54.